The second-order valence-electron chi connectivity index (χ2n) is 5.50. The van der Waals surface area contributed by atoms with Crippen molar-refractivity contribution in [2.75, 3.05) is 6.54 Å². The van der Waals surface area contributed by atoms with Crippen molar-refractivity contribution in [1.29, 1.82) is 0 Å². The van der Waals surface area contributed by atoms with Crippen LogP contribution in [0.4, 0.5) is 0 Å². The zero-order chi connectivity index (χ0) is 13.9. The molecule has 0 N–H and O–H groups in total. The quantitative estimate of drug-likeness (QED) is 0.863. The van der Waals surface area contributed by atoms with Crippen LogP contribution in [0.1, 0.15) is 40.9 Å². The lowest BCUT2D eigenvalue weighted by atomic mass is 10.1. The number of nitrogens with zero attached hydrogens (tertiary/aromatic N) is 3. The van der Waals surface area contributed by atoms with Crippen molar-refractivity contribution in [1.82, 2.24) is 14.9 Å². The second-order valence-corrected chi connectivity index (χ2v) is 6.50. The lowest BCUT2D eigenvalue weighted by Crippen LogP contribution is -2.31. The van der Waals surface area contributed by atoms with Crippen molar-refractivity contribution in [3.8, 4) is 0 Å². The summed E-state index contributed by atoms with van der Waals surface area (Å²) in [6.07, 6.45) is 5.20. The van der Waals surface area contributed by atoms with E-state index in [2.05, 4.69) is 35.2 Å². The van der Waals surface area contributed by atoms with E-state index in [1.165, 1.54) is 21.7 Å². The molecule has 2 aromatic heterocycles. The van der Waals surface area contributed by atoms with Gasteiger partial charge in [0.05, 0.1) is 0 Å². The van der Waals surface area contributed by atoms with E-state index in [1.807, 2.05) is 17.5 Å². The van der Waals surface area contributed by atoms with Gasteiger partial charge in [-0.15, -0.1) is 11.3 Å². The molecule has 0 radical (unpaired) electrons. The van der Waals surface area contributed by atoms with Gasteiger partial charge in [0.1, 0.15) is 5.82 Å². The Bertz CT molecular complexity index is 591. The fourth-order valence-electron chi connectivity index (χ4n) is 2.66. The van der Waals surface area contributed by atoms with Gasteiger partial charge in [-0.1, -0.05) is 6.92 Å². The maximum Gasteiger partial charge on any atom is 0.128 e. The van der Waals surface area contributed by atoms with Crippen molar-refractivity contribution >= 4 is 11.3 Å². The van der Waals surface area contributed by atoms with Crippen LogP contribution in [0.3, 0.4) is 0 Å². The van der Waals surface area contributed by atoms with Gasteiger partial charge in [-0.2, -0.15) is 0 Å². The number of thiophene rings is 1. The topological polar surface area (TPSA) is 29.0 Å². The number of fused-ring (bicyclic) bond motifs is 1. The molecule has 0 saturated carbocycles. The van der Waals surface area contributed by atoms with E-state index in [0.717, 1.165) is 44.7 Å². The first kappa shape index (κ1) is 13.7. The van der Waals surface area contributed by atoms with Crippen LogP contribution in [0.2, 0.25) is 0 Å². The highest BCUT2D eigenvalue weighted by Gasteiger charge is 2.19. The smallest absolute Gasteiger partial charge is 0.128 e. The van der Waals surface area contributed by atoms with E-state index in [1.54, 1.807) is 0 Å². The van der Waals surface area contributed by atoms with E-state index in [9.17, 15) is 0 Å². The van der Waals surface area contributed by atoms with E-state index in [4.69, 9.17) is 4.98 Å². The minimum Gasteiger partial charge on any atom is -0.293 e. The Morgan fingerprint density at radius 1 is 1.40 bits per heavy atom. The molecular weight excluding hydrogens is 266 g/mol. The van der Waals surface area contributed by atoms with Crippen LogP contribution < -0.4 is 0 Å². The van der Waals surface area contributed by atoms with E-state index in [0.29, 0.717) is 0 Å². The van der Waals surface area contributed by atoms with Crippen molar-refractivity contribution in [3.63, 3.8) is 0 Å². The summed E-state index contributed by atoms with van der Waals surface area (Å²) in [5, 5.41) is 2.18. The zero-order valence-electron chi connectivity index (χ0n) is 12.2. The lowest BCUT2D eigenvalue weighted by Gasteiger charge is -2.27. The van der Waals surface area contributed by atoms with Gasteiger partial charge in [0, 0.05) is 54.8 Å². The Labute approximate surface area is 124 Å². The Hall–Kier alpha value is -1.26. The third kappa shape index (κ3) is 2.91. The van der Waals surface area contributed by atoms with E-state index >= 15 is 0 Å². The Balaban J connectivity index is 1.71. The summed E-state index contributed by atoms with van der Waals surface area (Å²) < 4.78 is 0. The first-order valence-corrected chi connectivity index (χ1v) is 8.23. The fourth-order valence-corrected chi connectivity index (χ4v) is 3.61. The molecule has 3 rings (SSSR count). The molecule has 0 aromatic carbocycles. The van der Waals surface area contributed by atoms with Crippen molar-refractivity contribution < 1.29 is 0 Å². The van der Waals surface area contributed by atoms with Gasteiger partial charge in [-0.3, -0.25) is 4.90 Å². The van der Waals surface area contributed by atoms with E-state index < -0.39 is 0 Å². The molecule has 1 aliphatic rings. The predicted molar refractivity (Wildman–Crippen MR) is 82.9 cm³/mol. The second kappa shape index (κ2) is 6.02. The monoisotopic (exact) mass is 287 g/mol. The van der Waals surface area contributed by atoms with Crippen molar-refractivity contribution in [3.05, 3.63) is 45.2 Å². The SMILES string of the molecule is CCCc1ncc2c(n1)CCN(Cc1sccc1C)C2. The summed E-state index contributed by atoms with van der Waals surface area (Å²) in [5.74, 6) is 1.01. The van der Waals surface area contributed by atoms with Crippen LogP contribution in [0.15, 0.2) is 17.6 Å². The predicted octanol–water partition coefficient (Wildman–Crippen LogP) is 3.36. The molecule has 0 bridgehead atoms. The van der Waals surface area contributed by atoms with Crippen LogP contribution in [0.25, 0.3) is 0 Å². The number of rotatable bonds is 4. The summed E-state index contributed by atoms with van der Waals surface area (Å²) in [6.45, 7) is 7.52. The molecule has 0 unspecified atom stereocenters. The largest absolute Gasteiger partial charge is 0.293 e. The van der Waals surface area contributed by atoms with Crippen molar-refractivity contribution in [2.24, 2.45) is 0 Å². The molecule has 0 fully saturated rings. The maximum absolute atomic E-state index is 4.72. The third-order valence-electron chi connectivity index (χ3n) is 3.87. The Morgan fingerprint density at radius 2 is 2.30 bits per heavy atom. The molecule has 4 heteroatoms. The average Bonchev–Trinajstić information content (AvgIpc) is 2.85. The Morgan fingerprint density at radius 3 is 3.05 bits per heavy atom. The van der Waals surface area contributed by atoms with Crippen LogP contribution in [0, 0.1) is 6.92 Å². The van der Waals surface area contributed by atoms with Crippen LogP contribution in [-0.2, 0) is 25.9 Å². The summed E-state index contributed by atoms with van der Waals surface area (Å²) in [6, 6.07) is 2.21. The molecule has 2 aromatic rings. The van der Waals surface area contributed by atoms with E-state index in [-0.39, 0.29) is 0 Å². The molecule has 0 saturated heterocycles. The molecule has 1 aliphatic heterocycles. The first-order chi connectivity index (χ1) is 9.76. The summed E-state index contributed by atoms with van der Waals surface area (Å²) in [7, 11) is 0. The van der Waals surface area contributed by atoms with Gasteiger partial charge in [-0.05, 0) is 30.4 Å². The summed E-state index contributed by atoms with van der Waals surface area (Å²) in [4.78, 5) is 13.2. The number of hydrogen-bond acceptors (Lipinski definition) is 4. The summed E-state index contributed by atoms with van der Waals surface area (Å²) >= 11 is 1.86. The minimum atomic E-state index is 0.985. The van der Waals surface area contributed by atoms with Gasteiger partial charge < -0.3 is 0 Å². The average molecular weight is 287 g/mol. The van der Waals surface area contributed by atoms with Crippen LogP contribution >= 0.6 is 11.3 Å². The maximum atomic E-state index is 4.72. The zero-order valence-corrected chi connectivity index (χ0v) is 13.0. The molecule has 20 heavy (non-hydrogen) atoms. The molecule has 106 valence electrons. The molecule has 0 atom stereocenters. The molecule has 3 heterocycles. The summed E-state index contributed by atoms with van der Waals surface area (Å²) in [5.41, 5.74) is 3.99. The van der Waals surface area contributed by atoms with Gasteiger partial charge in [-0.25, -0.2) is 9.97 Å². The van der Waals surface area contributed by atoms with Gasteiger partial charge in [0.25, 0.3) is 0 Å². The van der Waals surface area contributed by atoms with Crippen molar-refractivity contribution in [2.45, 2.75) is 46.2 Å². The normalized spacial score (nSPS) is 15.3. The molecular formula is C16H21N3S. The molecule has 0 aliphatic carbocycles. The third-order valence-corrected chi connectivity index (χ3v) is 4.88. The number of aromatic nitrogens is 2. The highest BCUT2D eigenvalue weighted by molar-refractivity contribution is 7.10. The molecule has 0 spiro atoms. The first-order valence-electron chi connectivity index (χ1n) is 7.35. The Kier molecular flexibility index (Phi) is 4.13. The minimum absolute atomic E-state index is 0.985. The fraction of sp³-hybridized carbons (Fsp3) is 0.500. The van der Waals surface area contributed by atoms with Gasteiger partial charge in [0.15, 0.2) is 0 Å². The highest BCUT2D eigenvalue weighted by Crippen LogP contribution is 2.22. The molecule has 0 amide bonds. The lowest BCUT2D eigenvalue weighted by molar-refractivity contribution is 0.244. The number of hydrogen-bond donors (Lipinski definition) is 0. The highest BCUT2D eigenvalue weighted by atomic mass is 32.1. The van der Waals surface area contributed by atoms with Crippen LogP contribution in [0.5, 0.6) is 0 Å². The standard InChI is InChI=1S/C16H21N3S/c1-3-4-16-17-9-13-10-19(7-5-14(13)18-16)11-15-12(2)6-8-20-15/h6,8-9H,3-5,7,10-11H2,1-2H3. The van der Waals surface area contributed by atoms with Gasteiger partial charge in [0.2, 0.25) is 0 Å². The number of aryl methyl sites for hydroxylation is 2. The molecule has 3 nitrogen and oxygen atoms in total. The van der Waals surface area contributed by atoms with Gasteiger partial charge >= 0.3 is 0 Å². The van der Waals surface area contributed by atoms with Crippen LogP contribution in [-0.4, -0.2) is 21.4 Å².